The van der Waals surface area contributed by atoms with E-state index in [9.17, 15) is 8.42 Å². The second-order valence-corrected chi connectivity index (χ2v) is 8.89. The van der Waals surface area contributed by atoms with Gasteiger partial charge in [0.2, 0.25) is 10.0 Å². The van der Waals surface area contributed by atoms with E-state index in [1.54, 1.807) is 18.2 Å². The quantitative estimate of drug-likeness (QED) is 0.738. The summed E-state index contributed by atoms with van der Waals surface area (Å²) in [5, 5.41) is 0. The Kier molecular flexibility index (Phi) is 6.25. The molecule has 1 aliphatic carbocycles. The topological polar surface area (TPSA) is 72.2 Å². The molecular formula is C14H20Br2N2O2S. The molecule has 7 heteroatoms. The second-order valence-electron chi connectivity index (χ2n) is 5.44. The lowest BCUT2D eigenvalue weighted by Crippen LogP contribution is -2.45. The molecule has 118 valence electrons. The summed E-state index contributed by atoms with van der Waals surface area (Å²) in [5.74, 6) is 0.341. The molecule has 0 spiro atoms. The summed E-state index contributed by atoms with van der Waals surface area (Å²) in [4.78, 5) is 0.250. The van der Waals surface area contributed by atoms with Gasteiger partial charge < -0.3 is 5.73 Å². The Morgan fingerprint density at radius 2 is 1.90 bits per heavy atom. The first-order chi connectivity index (χ1) is 9.94. The number of hydrogen-bond acceptors (Lipinski definition) is 3. The van der Waals surface area contributed by atoms with Crippen molar-refractivity contribution in [3.05, 3.63) is 27.1 Å². The number of nitrogens with one attached hydrogen (secondary N) is 1. The van der Waals surface area contributed by atoms with Crippen LogP contribution in [0, 0.1) is 5.92 Å². The first-order valence-corrected chi connectivity index (χ1v) is 10.2. The van der Waals surface area contributed by atoms with Crippen molar-refractivity contribution in [2.24, 2.45) is 11.7 Å². The van der Waals surface area contributed by atoms with Crippen molar-refractivity contribution >= 4 is 41.9 Å². The summed E-state index contributed by atoms with van der Waals surface area (Å²) in [5.41, 5.74) is 5.80. The SMILES string of the molecule is NCC(NS(=O)(=O)c1ccc(Br)cc1Br)C1CCCCC1. The number of nitrogens with two attached hydrogens (primary N) is 1. The van der Waals surface area contributed by atoms with E-state index in [0.29, 0.717) is 16.9 Å². The molecule has 3 N–H and O–H groups in total. The van der Waals surface area contributed by atoms with Gasteiger partial charge in [-0.25, -0.2) is 13.1 Å². The monoisotopic (exact) mass is 438 g/mol. The number of benzene rings is 1. The maximum Gasteiger partial charge on any atom is 0.241 e. The van der Waals surface area contributed by atoms with E-state index in [1.165, 1.54) is 6.42 Å². The highest BCUT2D eigenvalue weighted by molar-refractivity contribution is 9.11. The number of hydrogen-bond donors (Lipinski definition) is 2. The van der Waals surface area contributed by atoms with Crippen LogP contribution in [-0.4, -0.2) is 21.0 Å². The van der Waals surface area contributed by atoms with E-state index < -0.39 is 10.0 Å². The summed E-state index contributed by atoms with van der Waals surface area (Å²) < 4.78 is 29.3. The van der Waals surface area contributed by atoms with Crippen LogP contribution >= 0.6 is 31.9 Å². The summed E-state index contributed by atoms with van der Waals surface area (Å²) in [6.07, 6.45) is 5.65. The number of halogens is 2. The van der Waals surface area contributed by atoms with Crippen LogP contribution in [-0.2, 0) is 10.0 Å². The second kappa shape index (κ2) is 7.55. The summed E-state index contributed by atoms with van der Waals surface area (Å²) in [6.45, 7) is 0.331. The van der Waals surface area contributed by atoms with Crippen molar-refractivity contribution in [2.45, 2.75) is 43.0 Å². The molecule has 1 atom stereocenters. The molecule has 1 aliphatic rings. The lowest BCUT2D eigenvalue weighted by molar-refractivity contribution is 0.294. The normalized spacial score (nSPS) is 18.6. The van der Waals surface area contributed by atoms with E-state index in [1.807, 2.05) is 0 Å². The van der Waals surface area contributed by atoms with Gasteiger partial charge in [-0.2, -0.15) is 0 Å². The van der Waals surface area contributed by atoms with Gasteiger partial charge in [0.05, 0.1) is 4.90 Å². The van der Waals surface area contributed by atoms with Crippen molar-refractivity contribution in [1.29, 1.82) is 0 Å². The van der Waals surface area contributed by atoms with Gasteiger partial charge in [-0.1, -0.05) is 35.2 Å². The van der Waals surface area contributed by atoms with Gasteiger partial charge in [0.15, 0.2) is 0 Å². The van der Waals surface area contributed by atoms with Crippen LogP contribution in [0.4, 0.5) is 0 Å². The van der Waals surface area contributed by atoms with Crippen LogP contribution in [0.15, 0.2) is 32.0 Å². The van der Waals surface area contributed by atoms with Gasteiger partial charge in [-0.15, -0.1) is 0 Å². The third kappa shape index (κ3) is 4.51. The standard InChI is InChI=1S/C14H20Br2N2O2S/c15-11-6-7-14(12(16)8-11)21(19,20)18-13(9-17)10-4-2-1-3-5-10/h6-8,10,13,18H,1-5,9,17H2. The zero-order valence-electron chi connectivity index (χ0n) is 11.7. The van der Waals surface area contributed by atoms with Crippen molar-refractivity contribution in [2.75, 3.05) is 6.54 Å². The fourth-order valence-electron chi connectivity index (χ4n) is 2.83. The fourth-order valence-corrected chi connectivity index (χ4v) is 5.89. The molecule has 1 fully saturated rings. The average molecular weight is 440 g/mol. The lowest BCUT2D eigenvalue weighted by Gasteiger charge is -2.30. The van der Waals surface area contributed by atoms with Crippen molar-refractivity contribution < 1.29 is 8.42 Å². The molecule has 2 rings (SSSR count). The van der Waals surface area contributed by atoms with Crippen molar-refractivity contribution in [3.63, 3.8) is 0 Å². The van der Waals surface area contributed by atoms with E-state index in [2.05, 4.69) is 36.6 Å². The van der Waals surface area contributed by atoms with Crippen molar-refractivity contribution in [3.8, 4) is 0 Å². The van der Waals surface area contributed by atoms with Gasteiger partial charge in [0, 0.05) is 21.5 Å². The van der Waals surface area contributed by atoms with E-state index >= 15 is 0 Å². The highest BCUT2D eigenvalue weighted by Gasteiger charge is 2.28. The molecule has 4 nitrogen and oxygen atoms in total. The molecule has 0 bridgehead atoms. The summed E-state index contributed by atoms with van der Waals surface area (Å²) >= 11 is 6.64. The van der Waals surface area contributed by atoms with Gasteiger partial charge in [-0.3, -0.25) is 0 Å². The molecule has 0 saturated heterocycles. The maximum atomic E-state index is 12.6. The summed E-state index contributed by atoms with van der Waals surface area (Å²) in [6, 6.07) is 4.85. The Morgan fingerprint density at radius 3 is 2.48 bits per heavy atom. The largest absolute Gasteiger partial charge is 0.329 e. The molecule has 0 radical (unpaired) electrons. The first-order valence-electron chi connectivity index (χ1n) is 7.11. The number of rotatable bonds is 5. The highest BCUT2D eigenvalue weighted by atomic mass is 79.9. The zero-order valence-corrected chi connectivity index (χ0v) is 15.7. The maximum absolute atomic E-state index is 12.6. The predicted octanol–water partition coefficient (Wildman–Crippen LogP) is 3.40. The molecule has 1 saturated carbocycles. The Labute approximate surface area is 143 Å². The zero-order chi connectivity index (χ0) is 15.5. The smallest absolute Gasteiger partial charge is 0.241 e. The van der Waals surface area contributed by atoms with E-state index in [4.69, 9.17) is 5.73 Å². The average Bonchev–Trinajstić information content (AvgIpc) is 2.45. The minimum absolute atomic E-state index is 0.189. The van der Waals surface area contributed by atoms with Crippen LogP contribution in [0.5, 0.6) is 0 Å². The Bertz CT molecular complexity index is 587. The van der Waals surface area contributed by atoms with Crippen LogP contribution in [0.2, 0.25) is 0 Å². The molecule has 0 aliphatic heterocycles. The molecular weight excluding hydrogens is 420 g/mol. The highest BCUT2D eigenvalue weighted by Crippen LogP contribution is 2.29. The Hall–Kier alpha value is 0.0500. The minimum Gasteiger partial charge on any atom is -0.329 e. The fraction of sp³-hybridized carbons (Fsp3) is 0.571. The Balaban J connectivity index is 2.18. The molecule has 1 aromatic rings. The first kappa shape index (κ1) is 17.4. The molecule has 0 heterocycles. The molecule has 0 amide bonds. The molecule has 21 heavy (non-hydrogen) atoms. The third-order valence-corrected chi connectivity index (χ3v) is 6.92. The molecule has 1 unspecified atom stereocenters. The molecule has 1 aromatic carbocycles. The third-order valence-electron chi connectivity index (χ3n) is 3.96. The van der Waals surface area contributed by atoms with E-state index in [0.717, 1.165) is 30.2 Å². The van der Waals surface area contributed by atoms with Gasteiger partial charge >= 0.3 is 0 Å². The van der Waals surface area contributed by atoms with E-state index in [-0.39, 0.29) is 10.9 Å². The number of sulfonamides is 1. The van der Waals surface area contributed by atoms with Gasteiger partial charge in [0.1, 0.15) is 0 Å². The van der Waals surface area contributed by atoms with Crippen molar-refractivity contribution in [1.82, 2.24) is 4.72 Å². The Morgan fingerprint density at radius 1 is 1.24 bits per heavy atom. The summed E-state index contributed by atoms with van der Waals surface area (Å²) in [7, 11) is -3.57. The lowest BCUT2D eigenvalue weighted by atomic mass is 9.84. The van der Waals surface area contributed by atoms with Crippen LogP contribution in [0.25, 0.3) is 0 Å². The predicted molar refractivity (Wildman–Crippen MR) is 91.6 cm³/mol. The minimum atomic E-state index is -3.57. The van der Waals surface area contributed by atoms with Gasteiger partial charge in [-0.05, 0) is 52.9 Å². The molecule has 0 aromatic heterocycles. The van der Waals surface area contributed by atoms with Crippen LogP contribution in [0.1, 0.15) is 32.1 Å². The van der Waals surface area contributed by atoms with Crippen LogP contribution in [0.3, 0.4) is 0 Å². The van der Waals surface area contributed by atoms with Gasteiger partial charge in [0.25, 0.3) is 0 Å². The van der Waals surface area contributed by atoms with Crippen LogP contribution < -0.4 is 10.5 Å².